The molecule has 0 aliphatic heterocycles. The van der Waals surface area contributed by atoms with Crippen LogP contribution < -0.4 is 4.72 Å². The Morgan fingerprint density at radius 3 is 2.41 bits per heavy atom. The average molecular weight is 323 g/mol. The number of aromatic nitrogens is 1. The van der Waals surface area contributed by atoms with Crippen molar-refractivity contribution < 1.29 is 23.2 Å². The van der Waals surface area contributed by atoms with E-state index in [1.54, 1.807) is 0 Å². The number of carbonyl (C=O) groups is 1. The van der Waals surface area contributed by atoms with Gasteiger partial charge in [0.15, 0.2) is 0 Å². The van der Waals surface area contributed by atoms with E-state index in [-0.39, 0.29) is 22.0 Å². The summed E-state index contributed by atoms with van der Waals surface area (Å²) in [5, 5.41) is 19.3. The van der Waals surface area contributed by atoms with Gasteiger partial charge in [0.05, 0.1) is 15.5 Å². The molecule has 0 unspecified atom stereocenters. The van der Waals surface area contributed by atoms with E-state index in [4.69, 9.17) is 5.11 Å². The number of rotatable bonds is 5. The van der Waals surface area contributed by atoms with Gasteiger partial charge in [-0.05, 0) is 24.3 Å². The maximum Gasteiger partial charge on any atom is 0.354 e. The molecule has 1 aromatic carbocycles. The zero-order chi connectivity index (χ0) is 16.3. The molecule has 10 heteroatoms. The SMILES string of the molecule is O=C(O)c1cc(NS(=O)(=O)c2ccc([N+](=O)[O-])cc2)ccn1. The molecular weight excluding hydrogens is 314 g/mol. The topological polar surface area (TPSA) is 140 Å². The van der Waals surface area contributed by atoms with E-state index in [1.165, 1.54) is 6.07 Å². The summed E-state index contributed by atoms with van der Waals surface area (Å²) in [6.07, 6.45) is 1.15. The minimum Gasteiger partial charge on any atom is -0.477 e. The molecule has 0 bridgehead atoms. The number of hydrogen-bond donors (Lipinski definition) is 2. The van der Waals surface area contributed by atoms with Crippen LogP contribution in [0.2, 0.25) is 0 Å². The number of nitrogens with one attached hydrogen (secondary N) is 1. The first kappa shape index (κ1) is 15.4. The van der Waals surface area contributed by atoms with Crippen molar-refractivity contribution in [2.24, 2.45) is 0 Å². The Morgan fingerprint density at radius 2 is 1.86 bits per heavy atom. The fourth-order valence-corrected chi connectivity index (χ4v) is 2.62. The van der Waals surface area contributed by atoms with Gasteiger partial charge < -0.3 is 5.11 Å². The molecule has 0 fully saturated rings. The summed E-state index contributed by atoms with van der Waals surface area (Å²) < 4.78 is 26.4. The Bertz CT molecular complexity index is 832. The third-order valence-corrected chi connectivity index (χ3v) is 3.99. The van der Waals surface area contributed by atoms with Gasteiger partial charge in [0, 0.05) is 18.3 Å². The minimum atomic E-state index is -3.99. The van der Waals surface area contributed by atoms with Crippen molar-refractivity contribution in [1.82, 2.24) is 4.98 Å². The first-order valence-corrected chi connectivity index (χ1v) is 7.24. The highest BCUT2D eigenvalue weighted by atomic mass is 32.2. The predicted molar refractivity (Wildman–Crippen MR) is 75.1 cm³/mol. The van der Waals surface area contributed by atoms with Gasteiger partial charge in [-0.3, -0.25) is 14.8 Å². The summed E-state index contributed by atoms with van der Waals surface area (Å²) >= 11 is 0. The van der Waals surface area contributed by atoms with Crippen LogP contribution in [0.15, 0.2) is 47.5 Å². The monoisotopic (exact) mass is 323 g/mol. The number of aromatic carboxylic acids is 1. The van der Waals surface area contributed by atoms with E-state index >= 15 is 0 Å². The molecule has 0 aliphatic rings. The van der Waals surface area contributed by atoms with Crippen LogP contribution >= 0.6 is 0 Å². The highest BCUT2D eigenvalue weighted by molar-refractivity contribution is 7.92. The Kier molecular flexibility index (Phi) is 4.04. The average Bonchev–Trinajstić information content (AvgIpc) is 2.47. The molecule has 2 N–H and O–H groups in total. The van der Waals surface area contributed by atoms with E-state index in [0.717, 1.165) is 36.5 Å². The second-order valence-electron chi connectivity index (χ2n) is 4.09. The molecule has 9 nitrogen and oxygen atoms in total. The van der Waals surface area contributed by atoms with Crippen LogP contribution in [0.5, 0.6) is 0 Å². The van der Waals surface area contributed by atoms with Gasteiger partial charge >= 0.3 is 5.97 Å². The molecule has 0 atom stereocenters. The number of pyridine rings is 1. The quantitative estimate of drug-likeness (QED) is 0.627. The third kappa shape index (κ3) is 3.35. The number of anilines is 1. The van der Waals surface area contributed by atoms with Crippen molar-refractivity contribution in [1.29, 1.82) is 0 Å². The van der Waals surface area contributed by atoms with Gasteiger partial charge in [-0.2, -0.15) is 0 Å². The lowest BCUT2D eigenvalue weighted by atomic mass is 10.3. The maximum atomic E-state index is 12.1. The van der Waals surface area contributed by atoms with E-state index in [0.29, 0.717) is 0 Å². The summed E-state index contributed by atoms with van der Waals surface area (Å²) in [4.78, 5) is 24.0. The van der Waals surface area contributed by atoms with Crippen molar-refractivity contribution in [2.45, 2.75) is 4.90 Å². The third-order valence-electron chi connectivity index (χ3n) is 2.59. The highest BCUT2D eigenvalue weighted by Gasteiger charge is 2.17. The van der Waals surface area contributed by atoms with E-state index in [2.05, 4.69) is 9.71 Å². The van der Waals surface area contributed by atoms with Crippen molar-refractivity contribution >= 4 is 27.4 Å². The summed E-state index contributed by atoms with van der Waals surface area (Å²) in [6.45, 7) is 0. The number of sulfonamides is 1. The molecule has 0 radical (unpaired) electrons. The molecule has 0 spiro atoms. The molecular formula is C12H9N3O6S. The highest BCUT2D eigenvalue weighted by Crippen LogP contribution is 2.19. The molecule has 0 amide bonds. The van der Waals surface area contributed by atoms with Crippen LogP contribution in [0.4, 0.5) is 11.4 Å². The second-order valence-corrected chi connectivity index (χ2v) is 5.77. The molecule has 22 heavy (non-hydrogen) atoms. The number of nitro groups is 1. The number of hydrogen-bond acceptors (Lipinski definition) is 6. The van der Waals surface area contributed by atoms with Gasteiger partial charge in [-0.15, -0.1) is 0 Å². The van der Waals surface area contributed by atoms with Gasteiger partial charge in [-0.25, -0.2) is 18.2 Å². The summed E-state index contributed by atoms with van der Waals surface area (Å²) in [5.74, 6) is -1.30. The van der Waals surface area contributed by atoms with Gasteiger partial charge in [0.1, 0.15) is 5.69 Å². The predicted octanol–water partition coefficient (Wildman–Crippen LogP) is 1.49. The van der Waals surface area contributed by atoms with Gasteiger partial charge in [0.25, 0.3) is 15.7 Å². The van der Waals surface area contributed by atoms with E-state index in [9.17, 15) is 23.3 Å². The number of nitrogens with zero attached hydrogens (tertiary/aromatic N) is 2. The Morgan fingerprint density at radius 1 is 1.23 bits per heavy atom. The lowest BCUT2D eigenvalue weighted by molar-refractivity contribution is -0.384. The largest absolute Gasteiger partial charge is 0.477 e. The summed E-state index contributed by atoms with van der Waals surface area (Å²) in [6, 6.07) is 6.63. The molecule has 1 heterocycles. The lowest BCUT2D eigenvalue weighted by Gasteiger charge is -2.08. The first-order chi connectivity index (χ1) is 10.3. The molecule has 0 aliphatic carbocycles. The Hall–Kier alpha value is -3.01. The van der Waals surface area contributed by atoms with Crippen LogP contribution in [0.3, 0.4) is 0 Å². The fourth-order valence-electron chi connectivity index (χ4n) is 1.57. The Labute approximate surface area is 124 Å². The smallest absolute Gasteiger partial charge is 0.354 e. The number of benzene rings is 1. The normalized spacial score (nSPS) is 10.9. The van der Waals surface area contributed by atoms with Crippen LogP contribution in [0.25, 0.3) is 0 Å². The molecule has 114 valence electrons. The van der Waals surface area contributed by atoms with Crippen LogP contribution in [-0.2, 0) is 10.0 Å². The molecule has 0 saturated heterocycles. The van der Waals surface area contributed by atoms with Gasteiger partial charge in [0.2, 0.25) is 0 Å². The van der Waals surface area contributed by atoms with Gasteiger partial charge in [-0.1, -0.05) is 0 Å². The first-order valence-electron chi connectivity index (χ1n) is 5.76. The van der Waals surface area contributed by atoms with Crippen LogP contribution in [0.1, 0.15) is 10.5 Å². The lowest BCUT2D eigenvalue weighted by Crippen LogP contribution is -2.13. The maximum absolute atomic E-state index is 12.1. The fraction of sp³-hybridized carbons (Fsp3) is 0. The summed E-state index contributed by atoms with van der Waals surface area (Å²) in [5.41, 5.74) is -0.536. The standard InChI is InChI=1S/C12H9N3O6S/c16-12(17)11-7-8(5-6-13-11)14-22(20,21)10-3-1-9(2-4-10)15(18)19/h1-7H,(H,13,14)(H,16,17). The number of non-ortho nitro benzene ring substituents is 1. The minimum absolute atomic E-state index is 0.0192. The molecule has 2 rings (SSSR count). The zero-order valence-corrected chi connectivity index (χ0v) is 11.6. The van der Waals surface area contributed by atoms with Crippen LogP contribution in [-0.4, -0.2) is 29.4 Å². The van der Waals surface area contributed by atoms with Crippen molar-refractivity contribution in [3.63, 3.8) is 0 Å². The second kappa shape index (κ2) is 5.77. The van der Waals surface area contributed by atoms with E-state index < -0.39 is 20.9 Å². The van der Waals surface area contributed by atoms with Crippen molar-refractivity contribution in [3.05, 3.63) is 58.4 Å². The number of carboxylic acids is 1. The summed E-state index contributed by atoms with van der Waals surface area (Å²) in [7, 11) is -3.99. The molecule has 0 saturated carbocycles. The molecule has 2 aromatic rings. The van der Waals surface area contributed by atoms with Crippen LogP contribution in [0, 0.1) is 10.1 Å². The van der Waals surface area contributed by atoms with E-state index in [1.807, 2.05) is 0 Å². The van der Waals surface area contributed by atoms with Crippen molar-refractivity contribution in [3.8, 4) is 0 Å². The molecule has 1 aromatic heterocycles. The zero-order valence-electron chi connectivity index (χ0n) is 10.8. The number of carboxylic acid groups (broad SMARTS) is 1. The number of nitro benzene ring substituents is 1. The Balaban J connectivity index is 2.29. The van der Waals surface area contributed by atoms with Crippen molar-refractivity contribution in [2.75, 3.05) is 4.72 Å².